The maximum atomic E-state index is 12.6. The number of aromatic nitrogens is 3. The van der Waals surface area contributed by atoms with E-state index in [4.69, 9.17) is 0 Å². The van der Waals surface area contributed by atoms with Crippen molar-refractivity contribution >= 4 is 34.7 Å². The second kappa shape index (κ2) is 7.43. The summed E-state index contributed by atoms with van der Waals surface area (Å²) in [5, 5.41) is 13.9. The Morgan fingerprint density at radius 1 is 1.17 bits per heavy atom. The van der Waals surface area contributed by atoms with E-state index in [9.17, 15) is 4.79 Å². The Bertz CT molecular complexity index is 816. The van der Waals surface area contributed by atoms with Crippen LogP contribution in [0.25, 0.3) is 0 Å². The van der Waals surface area contributed by atoms with Crippen molar-refractivity contribution in [1.29, 1.82) is 0 Å². The second-order valence-electron chi connectivity index (χ2n) is 4.74. The van der Waals surface area contributed by atoms with Crippen molar-refractivity contribution in [2.75, 3.05) is 5.32 Å². The number of hydrogen-bond acceptors (Lipinski definition) is 6. The van der Waals surface area contributed by atoms with Crippen LogP contribution >= 0.6 is 23.1 Å². The molecular weight excluding hydrogens is 328 g/mol. The molecule has 0 fully saturated rings. The van der Waals surface area contributed by atoms with E-state index in [1.807, 2.05) is 48.7 Å². The molecule has 0 aliphatic rings. The third-order valence-corrected chi connectivity index (χ3v) is 5.24. The van der Waals surface area contributed by atoms with Crippen molar-refractivity contribution in [3.63, 3.8) is 0 Å². The minimum absolute atomic E-state index is 0.109. The molecule has 7 heteroatoms. The highest BCUT2D eigenvalue weighted by atomic mass is 32.2. The number of thiophene rings is 1. The fraction of sp³-hybridized carbons (Fsp3) is 0.188. The quantitative estimate of drug-likeness (QED) is 0.690. The molecule has 1 N–H and O–H groups in total. The fourth-order valence-electron chi connectivity index (χ4n) is 2.06. The highest BCUT2D eigenvalue weighted by molar-refractivity contribution is 7.98. The van der Waals surface area contributed by atoms with E-state index in [1.54, 1.807) is 15.9 Å². The maximum Gasteiger partial charge on any atom is 0.287 e. The Hall–Kier alpha value is -2.12. The van der Waals surface area contributed by atoms with E-state index in [-0.39, 0.29) is 5.56 Å². The lowest BCUT2D eigenvalue weighted by atomic mass is 10.3. The Balaban J connectivity index is 1.82. The first-order valence-electron chi connectivity index (χ1n) is 7.22. The normalized spacial score (nSPS) is 10.7. The van der Waals surface area contributed by atoms with Crippen LogP contribution in [0.3, 0.4) is 0 Å². The molecular formula is C16H16N4OS2. The van der Waals surface area contributed by atoms with Crippen LogP contribution < -0.4 is 10.9 Å². The molecule has 0 spiro atoms. The van der Waals surface area contributed by atoms with Gasteiger partial charge in [0.1, 0.15) is 0 Å². The Labute approximate surface area is 142 Å². The smallest absolute Gasteiger partial charge is 0.287 e. The van der Waals surface area contributed by atoms with Gasteiger partial charge in [0.15, 0.2) is 5.03 Å². The van der Waals surface area contributed by atoms with Gasteiger partial charge in [0.25, 0.3) is 5.56 Å². The molecule has 23 heavy (non-hydrogen) atoms. The summed E-state index contributed by atoms with van der Waals surface area (Å²) in [4.78, 5) is 13.8. The summed E-state index contributed by atoms with van der Waals surface area (Å²) in [5.74, 6) is 1.20. The summed E-state index contributed by atoms with van der Waals surface area (Å²) in [6, 6.07) is 13.7. The molecule has 118 valence electrons. The van der Waals surface area contributed by atoms with Gasteiger partial charge in [-0.05, 0) is 30.5 Å². The topological polar surface area (TPSA) is 59.8 Å². The third kappa shape index (κ3) is 3.80. The van der Waals surface area contributed by atoms with Gasteiger partial charge in [-0.2, -0.15) is 0 Å². The molecule has 2 aromatic heterocycles. The molecule has 3 aromatic rings. The molecule has 0 bridgehead atoms. The first-order valence-corrected chi connectivity index (χ1v) is 9.09. The number of hydrogen-bond donors (Lipinski definition) is 1. The SMILES string of the molecule is CCn1c(Nc2ccccc2)nnc(SCc2cccs2)c1=O. The van der Waals surface area contributed by atoms with Gasteiger partial charge in [0.05, 0.1) is 0 Å². The van der Waals surface area contributed by atoms with Crippen LogP contribution in [-0.4, -0.2) is 14.8 Å². The molecule has 5 nitrogen and oxygen atoms in total. The number of benzene rings is 1. The monoisotopic (exact) mass is 344 g/mol. The number of nitrogens with zero attached hydrogens (tertiary/aromatic N) is 3. The van der Waals surface area contributed by atoms with Crippen molar-refractivity contribution in [3.8, 4) is 0 Å². The highest BCUT2D eigenvalue weighted by Crippen LogP contribution is 2.21. The Morgan fingerprint density at radius 2 is 2.00 bits per heavy atom. The maximum absolute atomic E-state index is 12.6. The zero-order valence-corrected chi connectivity index (χ0v) is 14.2. The molecule has 2 heterocycles. The number of para-hydroxylation sites is 1. The molecule has 0 aliphatic heterocycles. The third-order valence-electron chi connectivity index (χ3n) is 3.20. The first kappa shape index (κ1) is 15.8. The van der Waals surface area contributed by atoms with Crippen LogP contribution in [-0.2, 0) is 12.3 Å². The summed E-state index contributed by atoms with van der Waals surface area (Å²) >= 11 is 3.10. The molecule has 0 atom stereocenters. The largest absolute Gasteiger partial charge is 0.324 e. The average Bonchev–Trinajstić information content (AvgIpc) is 3.09. The fourth-order valence-corrected chi connectivity index (χ4v) is 3.71. The lowest BCUT2D eigenvalue weighted by Gasteiger charge is -2.12. The molecule has 0 saturated carbocycles. The zero-order valence-electron chi connectivity index (χ0n) is 12.6. The number of rotatable bonds is 6. The lowest BCUT2D eigenvalue weighted by Crippen LogP contribution is -2.26. The summed E-state index contributed by atoms with van der Waals surface area (Å²) in [6.07, 6.45) is 0. The molecule has 0 saturated heterocycles. The van der Waals surface area contributed by atoms with Crippen molar-refractivity contribution in [3.05, 3.63) is 63.1 Å². The van der Waals surface area contributed by atoms with Crippen LogP contribution in [0.4, 0.5) is 11.6 Å². The van der Waals surface area contributed by atoms with E-state index in [0.29, 0.717) is 17.5 Å². The minimum Gasteiger partial charge on any atom is -0.324 e. The summed E-state index contributed by atoms with van der Waals surface area (Å²) in [5.41, 5.74) is 0.768. The van der Waals surface area contributed by atoms with Crippen LogP contribution in [0.5, 0.6) is 0 Å². The van der Waals surface area contributed by atoms with Crippen molar-refractivity contribution in [2.24, 2.45) is 0 Å². The van der Waals surface area contributed by atoms with Crippen molar-refractivity contribution in [2.45, 2.75) is 24.2 Å². The first-order chi connectivity index (χ1) is 11.3. The number of anilines is 2. The van der Waals surface area contributed by atoms with Gasteiger partial charge in [-0.3, -0.25) is 9.36 Å². The standard InChI is InChI=1S/C16H16N4OS2/c1-2-20-15(21)14(23-11-13-9-6-10-22-13)18-19-16(20)17-12-7-4-3-5-8-12/h3-10H,2,11H2,1H3,(H,17,19). The summed E-state index contributed by atoms with van der Waals surface area (Å²) in [7, 11) is 0. The van der Waals surface area contributed by atoms with Gasteiger partial charge < -0.3 is 5.32 Å². The van der Waals surface area contributed by atoms with Gasteiger partial charge in [-0.1, -0.05) is 36.0 Å². The Morgan fingerprint density at radius 3 is 2.70 bits per heavy atom. The van der Waals surface area contributed by atoms with Gasteiger partial charge in [0.2, 0.25) is 5.95 Å². The molecule has 0 aliphatic carbocycles. The van der Waals surface area contributed by atoms with Gasteiger partial charge in [-0.25, -0.2) is 0 Å². The van der Waals surface area contributed by atoms with Gasteiger partial charge >= 0.3 is 0 Å². The summed E-state index contributed by atoms with van der Waals surface area (Å²) in [6.45, 7) is 2.46. The Kier molecular flexibility index (Phi) is 5.09. The van der Waals surface area contributed by atoms with Gasteiger partial charge in [-0.15, -0.1) is 21.5 Å². The lowest BCUT2D eigenvalue weighted by molar-refractivity contribution is 0.662. The highest BCUT2D eigenvalue weighted by Gasteiger charge is 2.12. The zero-order chi connectivity index (χ0) is 16.1. The number of nitrogens with one attached hydrogen (secondary N) is 1. The van der Waals surface area contributed by atoms with E-state index >= 15 is 0 Å². The number of thioether (sulfide) groups is 1. The van der Waals surface area contributed by atoms with Crippen LogP contribution in [0.2, 0.25) is 0 Å². The van der Waals surface area contributed by atoms with Gasteiger partial charge in [0, 0.05) is 22.9 Å². The van der Waals surface area contributed by atoms with Crippen LogP contribution in [0, 0.1) is 0 Å². The predicted molar refractivity (Wildman–Crippen MR) is 95.6 cm³/mol. The van der Waals surface area contributed by atoms with Crippen LogP contribution in [0.15, 0.2) is 57.7 Å². The molecule has 1 aromatic carbocycles. The average molecular weight is 344 g/mol. The van der Waals surface area contributed by atoms with E-state index < -0.39 is 0 Å². The van der Waals surface area contributed by atoms with E-state index in [1.165, 1.54) is 16.6 Å². The predicted octanol–water partition coefficient (Wildman–Crippen LogP) is 3.76. The molecule has 0 radical (unpaired) electrons. The van der Waals surface area contributed by atoms with Crippen molar-refractivity contribution < 1.29 is 0 Å². The molecule has 0 amide bonds. The van der Waals surface area contributed by atoms with Crippen molar-refractivity contribution in [1.82, 2.24) is 14.8 Å². The second-order valence-corrected chi connectivity index (χ2v) is 6.73. The molecule has 0 unspecified atom stereocenters. The molecule has 3 rings (SSSR count). The minimum atomic E-state index is -0.109. The summed E-state index contributed by atoms with van der Waals surface area (Å²) < 4.78 is 1.61. The van der Waals surface area contributed by atoms with E-state index in [2.05, 4.69) is 21.6 Å². The van der Waals surface area contributed by atoms with E-state index in [0.717, 1.165) is 11.4 Å². The van der Waals surface area contributed by atoms with Crippen LogP contribution in [0.1, 0.15) is 11.8 Å².